The number of hydrogen-bond donors (Lipinski definition) is 1. The normalized spacial score (nSPS) is 11.1. The van der Waals surface area contributed by atoms with Crippen LogP contribution in [0.2, 0.25) is 5.02 Å². The molecule has 1 N–H and O–H groups in total. The summed E-state index contributed by atoms with van der Waals surface area (Å²) in [7, 11) is -3.55. The molecule has 0 aliphatic rings. The summed E-state index contributed by atoms with van der Waals surface area (Å²) in [6.45, 7) is 0.100. The van der Waals surface area contributed by atoms with Crippen LogP contribution in [-0.4, -0.2) is 20.6 Å². The van der Waals surface area contributed by atoms with E-state index in [1.54, 1.807) is 60.7 Å². The van der Waals surface area contributed by atoms with E-state index in [1.165, 1.54) is 4.31 Å². The van der Waals surface area contributed by atoms with Crippen molar-refractivity contribution in [1.82, 2.24) is 0 Å². The number of benzene rings is 3. The molecule has 0 spiro atoms. The summed E-state index contributed by atoms with van der Waals surface area (Å²) in [5, 5.41) is 3.29. The van der Waals surface area contributed by atoms with Crippen molar-refractivity contribution in [1.29, 1.82) is 0 Å². The standard InChI is InChI=1S/C21H18BrClN2O3S/c1-29(27,28)25(14-16-4-2-3-5-20(16)23)19-12-6-15(7-13-19)21(26)24-18-10-8-17(22)9-11-18/h2-13H,14H2,1H3,(H,24,26). The predicted octanol–water partition coefficient (Wildman–Crippen LogP) is 5.32. The van der Waals surface area contributed by atoms with E-state index in [-0.39, 0.29) is 12.5 Å². The molecule has 150 valence electrons. The van der Waals surface area contributed by atoms with E-state index in [0.29, 0.717) is 27.5 Å². The van der Waals surface area contributed by atoms with Gasteiger partial charge in [-0.25, -0.2) is 8.42 Å². The highest BCUT2D eigenvalue weighted by Gasteiger charge is 2.19. The number of rotatable bonds is 6. The molecule has 1 amide bonds. The number of nitrogens with zero attached hydrogens (tertiary/aromatic N) is 1. The molecular weight excluding hydrogens is 476 g/mol. The molecule has 0 bridgehead atoms. The van der Waals surface area contributed by atoms with Gasteiger partial charge in [0.2, 0.25) is 10.0 Å². The Balaban J connectivity index is 1.81. The average Bonchev–Trinajstić information content (AvgIpc) is 2.68. The van der Waals surface area contributed by atoms with Crippen LogP contribution in [0.25, 0.3) is 0 Å². The van der Waals surface area contributed by atoms with E-state index in [0.717, 1.165) is 10.7 Å². The zero-order valence-corrected chi connectivity index (χ0v) is 18.6. The van der Waals surface area contributed by atoms with E-state index in [4.69, 9.17) is 11.6 Å². The molecule has 0 unspecified atom stereocenters. The van der Waals surface area contributed by atoms with Crippen LogP contribution in [0.4, 0.5) is 11.4 Å². The van der Waals surface area contributed by atoms with Gasteiger partial charge in [-0.1, -0.05) is 45.7 Å². The van der Waals surface area contributed by atoms with Crippen LogP contribution in [0.3, 0.4) is 0 Å². The minimum Gasteiger partial charge on any atom is -0.322 e. The van der Waals surface area contributed by atoms with Gasteiger partial charge in [0.05, 0.1) is 18.5 Å². The Hall–Kier alpha value is -2.35. The van der Waals surface area contributed by atoms with Gasteiger partial charge in [-0.15, -0.1) is 0 Å². The summed E-state index contributed by atoms with van der Waals surface area (Å²) in [6, 6.07) is 20.7. The Morgan fingerprint density at radius 1 is 1.00 bits per heavy atom. The predicted molar refractivity (Wildman–Crippen MR) is 121 cm³/mol. The molecule has 0 saturated carbocycles. The molecule has 8 heteroatoms. The van der Waals surface area contributed by atoms with Crippen molar-refractivity contribution < 1.29 is 13.2 Å². The number of anilines is 2. The van der Waals surface area contributed by atoms with E-state index < -0.39 is 10.0 Å². The lowest BCUT2D eigenvalue weighted by atomic mass is 10.1. The van der Waals surface area contributed by atoms with Crippen molar-refractivity contribution >= 4 is 54.8 Å². The molecule has 0 atom stereocenters. The van der Waals surface area contributed by atoms with Gasteiger partial charge in [0.25, 0.3) is 5.91 Å². The molecule has 0 radical (unpaired) electrons. The zero-order chi connectivity index (χ0) is 21.0. The van der Waals surface area contributed by atoms with Crippen molar-refractivity contribution in [2.45, 2.75) is 6.54 Å². The van der Waals surface area contributed by atoms with Gasteiger partial charge < -0.3 is 5.32 Å². The van der Waals surface area contributed by atoms with Crippen molar-refractivity contribution in [2.24, 2.45) is 0 Å². The number of carbonyl (C=O) groups excluding carboxylic acids is 1. The Bertz CT molecular complexity index is 1120. The summed E-state index contributed by atoms with van der Waals surface area (Å²) in [5.41, 5.74) is 2.23. The molecule has 0 saturated heterocycles. The number of sulfonamides is 1. The summed E-state index contributed by atoms with van der Waals surface area (Å²) < 4.78 is 26.8. The minimum absolute atomic E-state index is 0.100. The van der Waals surface area contributed by atoms with Crippen LogP contribution in [0.1, 0.15) is 15.9 Å². The lowest BCUT2D eigenvalue weighted by molar-refractivity contribution is 0.102. The smallest absolute Gasteiger partial charge is 0.255 e. The number of halogens is 2. The maximum atomic E-state index is 12.4. The fourth-order valence-corrected chi connectivity index (χ4v) is 4.04. The lowest BCUT2D eigenvalue weighted by Gasteiger charge is -2.23. The highest BCUT2D eigenvalue weighted by Crippen LogP contribution is 2.25. The van der Waals surface area contributed by atoms with E-state index in [9.17, 15) is 13.2 Å². The SMILES string of the molecule is CS(=O)(=O)N(Cc1ccccc1Cl)c1ccc(C(=O)Nc2ccc(Br)cc2)cc1. The first kappa shape index (κ1) is 21.4. The summed E-state index contributed by atoms with van der Waals surface area (Å²) in [5.74, 6) is -0.282. The second-order valence-electron chi connectivity index (χ2n) is 6.37. The third-order valence-electron chi connectivity index (χ3n) is 4.19. The van der Waals surface area contributed by atoms with Crippen molar-refractivity contribution in [3.05, 3.63) is 93.4 Å². The van der Waals surface area contributed by atoms with Crippen LogP contribution >= 0.6 is 27.5 Å². The van der Waals surface area contributed by atoms with Gasteiger partial charge in [-0.05, 0) is 60.2 Å². The number of hydrogen-bond acceptors (Lipinski definition) is 3. The van der Waals surface area contributed by atoms with Gasteiger partial charge in [0.15, 0.2) is 0 Å². The van der Waals surface area contributed by atoms with Gasteiger partial charge in [-0.3, -0.25) is 9.10 Å². The third-order valence-corrected chi connectivity index (χ3v) is 6.23. The highest BCUT2D eigenvalue weighted by molar-refractivity contribution is 9.10. The van der Waals surface area contributed by atoms with Crippen molar-refractivity contribution in [2.75, 3.05) is 15.9 Å². The molecule has 3 rings (SSSR count). The molecule has 0 fully saturated rings. The molecule has 0 heterocycles. The van der Waals surface area contributed by atoms with Crippen LogP contribution in [0, 0.1) is 0 Å². The largest absolute Gasteiger partial charge is 0.322 e. The van der Waals surface area contributed by atoms with Crippen LogP contribution in [0.5, 0.6) is 0 Å². The van der Waals surface area contributed by atoms with Crippen LogP contribution in [0.15, 0.2) is 77.3 Å². The maximum Gasteiger partial charge on any atom is 0.255 e. The third kappa shape index (κ3) is 5.59. The van der Waals surface area contributed by atoms with E-state index >= 15 is 0 Å². The van der Waals surface area contributed by atoms with Gasteiger partial charge >= 0.3 is 0 Å². The Labute approximate surface area is 183 Å². The van der Waals surface area contributed by atoms with Crippen molar-refractivity contribution in [3.63, 3.8) is 0 Å². The number of carbonyl (C=O) groups is 1. The lowest BCUT2D eigenvalue weighted by Crippen LogP contribution is -2.29. The quantitative estimate of drug-likeness (QED) is 0.505. The van der Waals surface area contributed by atoms with E-state index in [2.05, 4.69) is 21.2 Å². The Morgan fingerprint density at radius 2 is 1.62 bits per heavy atom. The molecular formula is C21H18BrClN2O3S. The van der Waals surface area contributed by atoms with E-state index in [1.807, 2.05) is 12.1 Å². The second kappa shape index (κ2) is 8.98. The monoisotopic (exact) mass is 492 g/mol. The summed E-state index contributed by atoms with van der Waals surface area (Å²) in [6.07, 6.45) is 1.14. The fourth-order valence-electron chi connectivity index (χ4n) is 2.70. The second-order valence-corrected chi connectivity index (χ2v) is 9.60. The average molecular weight is 494 g/mol. The molecule has 0 aliphatic heterocycles. The summed E-state index contributed by atoms with van der Waals surface area (Å²) >= 11 is 9.53. The molecule has 3 aromatic carbocycles. The fraction of sp³-hybridized carbons (Fsp3) is 0.0952. The first-order chi connectivity index (χ1) is 13.7. The molecule has 3 aromatic rings. The van der Waals surface area contributed by atoms with Gasteiger partial charge in [-0.2, -0.15) is 0 Å². The highest BCUT2D eigenvalue weighted by atomic mass is 79.9. The van der Waals surface area contributed by atoms with Gasteiger partial charge in [0, 0.05) is 20.7 Å². The molecule has 29 heavy (non-hydrogen) atoms. The first-order valence-corrected chi connectivity index (χ1v) is 11.6. The summed E-state index contributed by atoms with van der Waals surface area (Å²) in [4.78, 5) is 12.4. The topological polar surface area (TPSA) is 66.5 Å². The Morgan fingerprint density at radius 3 is 2.21 bits per heavy atom. The van der Waals surface area contributed by atoms with Crippen LogP contribution < -0.4 is 9.62 Å². The Kier molecular flexibility index (Phi) is 6.62. The number of nitrogens with one attached hydrogen (secondary N) is 1. The van der Waals surface area contributed by atoms with Crippen molar-refractivity contribution in [3.8, 4) is 0 Å². The van der Waals surface area contributed by atoms with Gasteiger partial charge in [0.1, 0.15) is 0 Å². The maximum absolute atomic E-state index is 12.4. The number of amides is 1. The molecule has 0 aromatic heterocycles. The zero-order valence-electron chi connectivity index (χ0n) is 15.5. The minimum atomic E-state index is -3.55. The molecule has 5 nitrogen and oxygen atoms in total. The molecule has 0 aliphatic carbocycles. The first-order valence-electron chi connectivity index (χ1n) is 8.62. The van der Waals surface area contributed by atoms with Crippen LogP contribution in [-0.2, 0) is 16.6 Å².